The lowest BCUT2D eigenvalue weighted by molar-refractivity contribution is 0.471. The molecule has 0 spiro atoms. The molecular formula is C17H15NO2. The van der Waals surface area contributed by atoms with E-state index in [-0.39, 0.29) is 5.75 Å². The van der Waals surface area contributed by atoms with Gasteiger partial charge < -0.3 is 9.52 Å². The predicted molar refractivity (Wildman–Crippen MR) is 78.5 cm³/mol. The minimum atomic E-state index is 0.172. The van der Waals surface area contributed by atoms with Crippen LogP contribution in [0.4, 0.5) is 0 Å². The van der Waals surface area contributed by atoms with Gasteiger partial charge in [0.05, 0.1) is 11.3 Å². The summed E-state index contributed by atoms with van der Waals surface area (Å²) in [5.74, 6) is 1.39. The molecule has 0 unspecified atom stereocenters. The van der Waals surface area contributed by atoms with Crippen molar-refractivity contribution in [2.24, 2.45) is 0 Å². The third kappa shape index (κ3) is 2.18. The van der Waals surface area contributed by atoms with Crippen LogP contribution >= 0.6 is 0 Å². The second kappa shape index (κ2) is 4.85. The first-order valence-electron chi connectivity index (χ1n) is 6.48. The molecule has 0 radical (unpaired) electrons. The maximum Gasteiger partial charge on any atom is 0.230 e. The van der Waals surface area contributed by atoms with E-state index in [0.29, 0.717) is 11.5 Å². The summed E-state index contributed by atoms with van der Waals surface area (Å²) in [4.78, 5) is 4.35. The highest BCUT2D eigenvalue weighted by Gasteiger charge is 2.13. The molecule has 3 aromatic rings. The first-order chi connectivity index (χ1) is 9.65. The highest BCUT2D eigenvalue weighted by atomic mass is 16.4. The fourth-order valence-corrected chi connectivity index (χ4v) is 2.11. The topological polar surface area (TPSA) is 46.3 Å². The molecule has 3 heteroatoms. The lowest BCUT2D eigenvalue weighted by atomic mass is 10.0. The van der Waals surface area contributed by atoms with Gasteiger partial charge in [-0.2, -0.15) is 0 Å². The van der Waals surface area contributed by atoms with Gasteiger partial charge in [0.25, 0.3) is 0 Å². The van der Waals surface area contributed by atoms with Gasteiger partial charge in [0.15, 0.2) is 0 Å². The molecule has 1 heterocycles. The van der Waals surface area contributed by atoms with E-state index in [1.165, 1.54) is 0 Å². The summed E-state index contributed by atoms with van der Waals surface area (Å²) in [6.07, 6.45) is 0. The highest BCUT2D eigenvalue weighted by Crippen LogP contribution is 2.33. The smallest absolute Gasteiger partial charge is 0.230 e. The number of aromatic nitrogens is 1. The van der Waals surface area contributed by atoms with E-state index in [4.69, 9.17) is 4.42 Å². The molecule has 0 bridgehead atoms. The zero-order chi connectivity index (χ0) is 14.1. The molecule has 3 rings (SSSR count). The Balaban J connectivity index is 2.12. The maximum absolute atomic E-state index is 10.0. The molecular weight excluding hydrogens is 250 g/mol. The molecule has 1 N–H and O–H groups in total. The van der Waals surface area contributed by atoms with Gasteiger partial charge in [0.1, 0.15) is 11.5 Å². The van der Waals surface area contributed by atoms with Crippen LogP contribution in [0.25, 0.3) is 22.6 Å². The minimum absolute atomic E-state index is 0.172. The summed E-state index contributed by atoms with van der Waals surface area (Å²) in [6, 6.07) is 15.5. The standard InChI is InChI=1S/C17H15NO2/c1-11-12(2)20-17(18-11)15-10-14(8-9-16(15)19)13-6-4-3-5-7-13/h3-10,19H,1-2H3. The number of phenolic OH excluding ortho intramolecular Hbond substituents is 1. The van der Waals surface area contributed by atoms with E-state index in [0.717, 1.165) is 22.6 Å². The van der Waals surface area contributed by atoms with Gasteiger partial charge in [-0.1, -0.05) is 36.4 Å². The summed E-state index contributed by atoms with van der Waals surface area (Å²) in [6.45, 7) is 3.75. The first-order valence-corrected chi connectivity index (χ1v) is 6.48. The van der Waals surface area contributed by atoms with Crippen LogP contribution in [0.1, 0.15) is 11.5 Å². The summed E-state index contributed by atoms with van der Waals surface area (Å²) in [5, 5.41) is 10.0. The summed E-state index contributed by atoms with van der Waals surface area (Å²) < 4.78 is 5.60. The Morgan fingerprint density at radius 1 is 0.950 bits per heavy atom. The van der Waals surface area contributed by atoms with Crippen LogP contribution in [0, 0.1) is 13.8 Å². The number of nitrogens with zero attached hydrogens (tertiary/aromatic N) is 1. The van der Waals surface area contributed by atoms with Crippen molar-refractivity contribution < 1.29 is 9.52 Å². The molecule has 0 saturated heterocycles. The maximum atomic E-state index is 10.0. The molecule has 2 aromatic carbocycles. The Morgan fingerprint density at radius 2 is 1.70 bits per heavy atom. The summed E-state index contributed by atoms with van der Waals surface area (Å²) >= 11 is 0. The Morgan fingerprint density at radius 3 is 2.35 bits per heavy atom. The fraction of sp³-hybridized carbons (Fsp3) is 0.118. The van der Waals surface area contributed by atoms with Crippen molar-refractivity contribution in [1.29, 1.82) is 0 Å². The number of hydrogen-bond acceptors (Lipinski definition) is 3. The number of aryl methyl sites for hydroxylation is 2. The number of rotatable bonds is 2. The zero-order valence-electron chi connectivity index (χ0n) is 11.4. The number of oxazole rings is 1. The van der Waals surface area contributed by atoms with Gasteiger partial charge in [0, 0.05) is 0 Å². The highest BCUT2D eigenvalue weighted by molar-refractivity contribution is 5.73. The first kappa shape index (κ1) is 12.5. The van der Waals surface area contributed by atoms with E-state index in [1.807, 2.05) is 56.3 Å². The molecule has 0 atom stereocenters. The Hall–Kier alpha value is -2.55. The fourth-order valence-electron chi connectivity index (χ4n) is 2.11. The van der Waals surface area contributed by atoms with Crippen molar-refractivity contribution in [3.63, 3.8) is 0 Å². The van der Waals surface area contributed by atoms with Crippen molar-refractivity contribution >= 4 is 0 Å². The number of aromatic hydroxyl groups is 1. The quantitative estimate of drug-likeness (QED) is 0.750. The molecule has 0 fully saturated rings. The van der Waals surface area contributed by atoms with Gasteiger partial charge in [-0.25, -0.2) is 4.98 Å². The lowest BCUT2D eigenvalue weighted by Crippen LogP contribution is -1.83. The van der Waals surface area contributed by atoms with Gasteiger partial charge in [-0.05, 0) is 37.1 Å². The van der Waals surface area contributed by atoms with E-state index in [1.54, 1.807) is 6.07 Å². The van der Waals surface area contributed by atoms with Crippen LogP contribution in [-0.2, 0) is 0 Å². The van der Waals surface area contributed by atoms with Crippen LogP contribution in [0.3, 0.4) is 0 Å². The molecule has 0 amide bonds. The van der Waals surface area contributed by atoms with E-state index >= 15 is 0 Å². The molecule has 20 heavy (non-hydrogen) atoms. The summed E-state index contributed by atoms with van der Waals surface area (Å²) in [5.41, 5.74) is 3.56. The van der Waals surface area contributed by atoms with Crippen molar-refractivity contribution in [2.75, 3.05) is 0 Å². The van der Waals surface area contributed by atoms with Crippen LogP contribution in [-0.4, -0.2) is 10.1 Å². The van der Waals surface area contributed by atoms with Crippen molar-refractivity contribution in [3.8, 4) is 28.3 Å². The SMILES string of the molecule is Cc1nc(-c2cc(-c3ccccc3)ccc2O)oc1C. The van der Waals surface area contributed by atoms with E-state index < -0.39 is 0 Å². The van der Waals surface area contributed by atoms with Crippen molar-refractivity contribution in [1.82, 2.24) is 4.98 Å². The van der Waals surface area contributed by atoms with Crippen molar-refractivity contribution in [3.05, 3.63) is 60.0 Å². The Bertz CT molecular complexity index is 725. The monoisotopic (exact) mass is 265 g/mol. The van der Waals surface area contributed by atoms with Crippen LogP contribution < -0.4 is 0 Å². The van der Waals surface area contributed by atoms with E-state index in [2.05, 4.69) is 4.98 Å². The molecule has 1 aromatic heterocycles. The van der Waals surface area contributed by atoms with Gasteiger partial charge in [0.2, 0.25) is 5.89 Å². The third-order valence-electron chi connectivity index (χ3n) is 3.36. The molecule has 0 aliphatic heterocycles. The normalized spacial score (nSPS) is 10.7. The number of benzene rings is 2. The number of hydrogen-bond donors (Lipinski definition) is 1. The van der Waals surface area contributed by atoms with Crippen molar-refractivity contribution in [2.45, 2.75) is 13.8 Å². The van der Waals surface area contributed by atoms with E-state index in [9.17, 15) is 5.11 Å². The second-order valence-electron chi connectivity index (χ2n) is 4.76. The summed E-state index contributed by atoms with van der Waals surface area (Å²) in [7, 11) is 0. The minimum Gasteiger partial charge on any atom is -0.507 e. The molecule has 0 aliphatic carbocycles. The Labute approximate surface area is 117 Å². The molecule has 0 saturated carbocycles. The average molecular weight is 265 g/mol. The van der Waals surface area contributed by atoms with Crippen LogP contribution in [0.15, 0.2) is 52.9 Å². The lowest BCUT2D eigenvalue weighted by Gasteiger charge is -2.05. The second-order valence-corrected chi connectivity index (χ2v) is 4.76. The van der Waals surface area contributed by atoms with Gasteiger partial charge >= 0.3 is 0 Å². The van der Waals surface area contributed by atoms with Gasteiger partial charge in [-0.3, -0.25) is 0 Å². The predicted octanol–water partition coefficient (Wildman–Crippen LogP) is 4.33. The Kier molecular flexibility index (Phi) is 3.03. The molecule has 100 valence electrons. The average Bonchev–Trinajstić information content (AvgIpc) is 2.80. The largest absolute Gasteiger partial charge is 0.507 e. The zero-order valence-corrected chi connectivity index (χ0v) is 11.4. The van der Waals surface area contributed by atoms with Crippen LogP contribution in [0.5, 0.6) is 5.75 Å². The van der Waals surface area contributed by atoms with Gasteiger partial charge in [-0.15, -0.1) is 0 Å². The van der Waals surface area contributed by atoms with Crippen LogP contribution in [0.2, 0.25) is 0 Å². The molecule has 0 aliphatic rings. The third-order valence-corrected chi connectivity index (χ3v) is 3.36. The number of phenols is 1. The molecule has 3 nitrogen and oxygen atoms in total.